The first-order valence-electron chi connectivity index (χ1n) is 3.08. The minimum absolute atomic E-state index is 0.108. The van der Waals surface area contributed by atoms with E-state index in [-0.39, 0.29) is 5.78 Å². The van der Waals surface area contributed by atoms with Crippen LogP contribution in [0.1, 0.15) is 18.4 Å². The van der Waals surface area contributed by atoms with Gasteiger partial charge in [0.2, 0.25) is 0 Å². The van der Waals surface area contributed by atoms with Gasteiger partial charge in [0.05, 0.1) is 12.1 Å². The summed E-state index contributed by atoms with van der Waals surface area (Å²) in [5, 5.41) is 0. The summed E-state index contributed by atoms with van der Waals surface area (Å²) >= 11 is 0. The molecule has 0 fully saturated rings. The van der Waals surface area contributed by atoms with Crippen molar-refractivity contribution in [1.29, 1.82) is 0 Å². The number of hydrogen-bond acceptors (Lipinski definition) is 3. The summed E-state index contributed by atoms with van der Waals surface area (Å²) in [6.45, 7) is 3.33. The quantitative estimate of drug-likeness (QED) is 0.616. The molecule has 0 radical (unpaired) electrons. The molecule has 0 aliphatic rings. The number of aryl methyl sites for hydroxylation is 1. The first kappa shape index (κ1) is 6.99. The van der Waals surface area contributed by atoms with Gasteiger partial charge in [-0.25, -0.2) is 4.98 Å². The number of aromatic nitrogens is 1. The van der Waals surface area contributed by atoms with E-state index in [0.717, 1.165) is 11.5 Å². The maximum absolute atomic E-state index is 10.6. The van der Waals surface area contributed by atoms with Crippen LogP contribution in [0.15, 0.2) is 10.8 Å². The van der Waals surface area contributed by atoms with Crippen LogP contribution in [0.25, 0.3) is 0 Å². The lowest BCUT2D eigenvalue weighted by atomic mass is 10.2. The van der Waals surface area contributed by atoms with E-state index in [9.17, 15) is 4.79 Å². The molecule has 0 atom stereocenters. The highest BCUT2D eigenvalue weighted by Gasteiger charge is 2.04. The number of rotatable bonds is 2. The fourth-order valence-electron chi connectivity index (χ4n) is 0.734. The lowest BCUT2D eigenvalue weighted by Gasteiger charge is -1.89. The zero-order chi connectivity index (χ0) is 7.56. The van der Waals surface area contributed by atoms with Crippen molar-refractivity contribution in [3.8, 4) is 0 Å². The Morgan fingerprint density at radius 2 is 2.50 bits per heavy atom. The molecule has 0 bridgehead atoms. The van der Waals surface area contributed by atoms with E-state index in [1.165, 1.54) is 13.3 Å². The Balaban J connectivity index is 2.74. The number of nitrogens with zero attached hydrogens (tertiary/aromatic N) is 1. The van der Waals surface area contributed by atoms with Crippen LogP contribution >= 0.6 is 0 Å². The Bertz CT molecular complexity index is 240. The van der Waals surface area contributed by atoms with Gasteiger partial charge in [0, 0.05) is 0 Å². The molecule has 0 aliphatic heterocycles. The van der Waals surface area contributed by atoms with E-state index >= 15 is 0 Å². The lowest BCUT2D eigenvalue weighted by Crippen LogP contribution is -1.97. The molecule has 0 spiro atoms. The van der Waals surface area contributed by atoms with Crippen molar-refractivity contribution in [2.45, 2.75) is 20.3 Å². The molecule has 1 rings (SSSR count). The summed E-state index contributed by atoms with van der Waals surface area (Å²) in [6, 6.07) is 0. The number of carbonyl (C=O) groups excluding carboxylic acids is 1. The zero-order valence-corrected chi connectivity index (χ0v) is 6.05. The highest BCUT2D eigenvalue weighted by atomic mass is 16.3. The molecular weight excluding hydrogens is 130 g/mol. The molecule has 0 aromatic carbocycles. The maximum Gasteiger partial charge on any atom is 0.181 e. The molecule has 1 aromatic heterocycles. The van der Waals surface area contributed by atoms with E-state index in [1.807, 2.05) is 0 Å². The van der Waals surface area contributed by atoms with E-state index in [2.05, 4.69) is 4.98 Å². The van der Waals surface area contributed by atoms with Crippen molar-refractivity contribution >= 4 is 5.78 Å². The van der Waals surface area contributed by atoms with E-state index in [1.54, 1.807) is 6.92 Å². The van der Waals surface area contributed by atoms with Crippen molar-refractivity contribution < 1.29 is 9.21 Å². The zero-order valence-electron chi connectivity index (χ0n) is 6.05. The van der Waals surface area contributed by atoms with Crippen LogP contribution in [0.3, 0.4) is 0 Å². The molecule has 0 N–H and O–H groups in total. The normalized spacial score (nSPS) is 9.80. The van der Waals surface area contributed by atoms with Crippen molar-refractivity contribution in [3.63, 3.8) is 0 Å². The highest BCUT2D eigenvalue weighted by Crippen LogP contribution is 2.04. The largest absolute Gasteiger partial charge is 0.449 e. The number of oxazole rings is 1. The standard InChI is InChI=1S/C7H9NO2/c1-5(9)3-7-6(2)10-4-8-7/h4H,3H2,1-2H3. The van der Waals surface area contributed by atoms with Gasteiger partial charge in [-0.05, 0) is 13.8 Å². The van der Waals surface area contributed by atoms with Crippen molar-refractivity contribution in [2.24, 2.45) is 0 Å². The first-order valence-corrected chi connectivity index (χ1v) is 3.08. The predicted molar refractivity (Wildman–Crippen MR) is 35.6 cm³/mol. The molecule has 0 amide bonds. The second kappa shape index (κ2) is 2.64. The van der Waals surface area contributed by atoms with Gasteiger partial charge in [0.15, 0.2) is 6.39 Å². The highest BCUT2D eigenvalue weighted by molar-refractivity contribution is 5.77. The first-order chi connectivity index (χ1) is 4.70. The van der Waals surface area contributed by atoms with E-state index in [0.29, 0.717) is 6.42 Å². The molecule has 3 nitrogen and oxygen atoms in total. The number of carbonyl (C=O) groups is 1. The lowest BCUT2D eigenvalue weighted by molar-refractivity contribution is -0.116. The topological polar surface area (TPSA) is 43.1 Å². The van der Waals surface area contributed by atoms with E-state index in [4.69, 9.17) is 4.42 Å². The molecule has 1 heterocycles. The number of ketones is 1. The average molecular weight is 139 g/mol. The Morgan fingerprint density at radius 1 is 1.80 bits per heavy atom. The molecule has 0 unspecified atom stereocenters. The van der Waals surface area contributed by atoms with Crippen LogP contribution in [-0.2, 0) is 11.2 Å². The molecule has 3 heteroatoms. The summed E-state index contributed by atoms with van der Waals surface area (Å²) in [7, 11) is 0. The van der Waals surface area contributed by atoms with Gasteiger partial charge in [-0.1, -0.05) is 0 Å². The number of hydrogen-bond donors (Lipinski definition) is 0. The molecule has 54 valence electrons. The molecule has 1 aromatic rings. The summed E-state index contributed by atoms with van der Waals surface area (Å²) in [5.41, 5.74) is 0.743. The SMILES string of the molecule is CC(=O)Cc1ncoc1C. The summed E-state index contributed by atoms with van der Waals surface area (Å²) in [4.78, 5) is 14.5. The second-order valence-corrected chi connectivity index (χ2v) is 2.23. The third-order valence-corrected chi connectivity index (χ3v) is 1.26. The Hall–Kier alpha value is -1.12. The fourth-order valence-corrected chi connectivity index (χ4v) is 0.734. The molecule has 0 saturated carbocycles. The van der Waals surface area contributed by atoms with Gasteiger partial charge >= 0.3 is 0 Å². The molecular formula is C7H9NO2. The van der Waals surface area contributed by atoms with Crippen LogP contribution in [0, 0.1) is 6.92 Å². The van der Waals surface area contributed by atoms with Crippen LogP contribution < -0.4 is 0 Å². The minimum Gasteiger partial charge on any atom is -0.449 e. The van der Waals surface area contributed by atoms with Crippen molar-refractivity contribution in [2.75, 3.05) is 0 Å². The van der Waals surface area contributed by atoms with Gasteiger partial charge < -0.3 is 4.42 Å². The maximum atomic E-state index is 10.6. The van der Waals surface area contributed by atoms with Gasteiger partial charge in [-0.3, -0.25) is 4.79 Å². The molecule has 0 saturated heterocycles. The Labute approximate surface area is 59.1 Å². The third kappa shape index (κ3) is 1.43. The summed E-state index contributed by atoms with van der Waals surface area (Å²) in [6.07, 6.45) is 1.73. The Morgan fingerprint density at radius 3 is 2.90 bits per heavy atom. The van der Waals surface area contributed by atoms with Crippen LogP contribution in [0.2, 0.25) is 0 Å². The van der Waals surface area contributed by atoms with Crippen LogP contribution in [0.5, 0.6) is 0 Å². The summed E-state index contributed by atoms with van der Waals surface area (Å²) in [5.74, 6) is 0.840. The predicted octanol–water partition coefficient (Wildman–Crippen LogP) is 1.11. The fraction of sp³-hybridized carbons (Fsp3) is 0.429. The van der Waals surface area contributed by atoms with Gasteiger partial charge in [-0.15, -0.1) is 0 Å². The van der Waals surface area contributed by atoms with E-state index < -0.39 is 0 Å². The smallest absolute Gasteiger partial charge is 0.181 e. The third-order valence-electron chi connectivity index (χ3n) is 1.26. The van der Waals surface area contributed by atoms with Gasteiger partial charge in [0.25, 0.3) is 0 Å². The Kier molecular flexibility index (Phi) is 1.85. The van der Waals surface area contributed by atoms with Gasteiger partial charge in [0.1, 0.15) is 11.5 Å². The average Bonchev–Trinajstić information content (AvgIpc) is 2.15. The monoisotopic (exact) mass is 139 g/mol. The molecule has 0 aliphatic carbocycles. The van der Waals surface area contributed by atoms with Crippen LogP contribution in [0.4, 0.5) is 0 Å². The number of Topliss-reactive ketones (excluding diaryl/α,β-unsaturated/α-hetero) is 1. The second-order valence-electron chi connectivity index (χ2n) is 2.23. The van der Waals surface area contributed by atoms with Crippen molar-refractivity contribution in [3.05, 3.63) is 17.8 Å². The molecule has 10 heavy (non-hydrogen) atoms. The van der Waals surface area contributed by atoms with Crippen molar-refractivity contribution in [1.82, 2.24) is 4.98 Å². The minimum atomic E-state index is 0.108. The van der Waals surface area contributed by atoms with Crippen LogP contribution in [-0.4, -0.2) is 10.8 Å². The van der Waals surface area contributed by atoms with Gasteiger partial charge in [-0.2, -0.15) is 0 Å². The summed E-state index contributed by atoms with van der Waals surface area (Å²) < 4.78 is 4.90.